The highest BCUT2D eigenvalue weighted by molar-refractivity contribution is 7.91. The largest absolute Gasteiger partial charge is 0.411 e. The molecule has 0 bridgehead atoms. The van der Waals surface area contributed by atoms with E-state index in [1.807, 2.05) is 0 Å². The highest BCUT2D eigenvalue weighted by Crippen LogP contribution is 2.51. The second-order valence-electron chi connectivity index (χ2n) is 5.02. The average molecular weight is 307 g/mol. The summed E-state index contributed by atoms with van der Waals surface area (Å²) in [5.74, 6) is -0.0787. The summed E-state index contributed by atoms with van der Waals surface area (Å²) in [6.07, 6.45) is -4.02. The SMILES string of the molecule is CCCS(=O)(=O)c1ccccc1NC1(C(F)(F)F)CC1. The number of rotatable bonds is 5. The lowest BCUT2D eigenvalue weighted by Gasteiger charge is -2.23. The molecule has 20 heavy (non-hydrogen) atoms. The highest BCUT2D eigenvalue weighted by Gasteiger charge is 2.63. The fourth-order valence-corrected chi connectivity index (χ4v) is 3.58. The smallest absolute Gasteiger partial charge is 0.370 e. The fourth-order valence-electron chi connectivity index (χ4n) is 2.08. The first-order valence-corrected chi connectivity index (χ1v) is 8.04. The normalized spacial score (nSPS) is 17.8. The van der Waals surface area contributed by atoms with Gasteiger partial charge in [0.15, 0.2) is 9.84 Å². The van der Waals surface area contributed by atoms with Gasteiger partial charge >= 0.3 is 6.18 Å². The van der Waals surface area contributed by atoms with Gasteiger partial charge in [-0.25, -0.2) is 8.42 Å². The third-order valence-electron chi connectivity index (χ3n) is 3.36. The maximum atomic E-state index is 12.9. The van der Waals surface area contributed by atoms with Gasteiger partial charge in [-0.05, 0) is 31.4 Å². The Morgan fingerprint density at radius 1 is 1.25 bits per heavy atom. The van der Waals surface area contributed by atoms with Crippen molar-refractivity contribution in [1.82, 2.24) is 0 Å². The average Bonchev–Trinajstić information content (AvgIpc) is 3.10. The van der Waals surface area contributed by atoms with Gasteiger partial charge in [0.2, 0.25) is 0 Å². The van der Waals surface area contributed by atoms with Crippen LogP contribution >= 0.6 is 0 Å². The quantitative estimate of drug-likeness (QED) is 0.907. The molecule has 3 nitrogen and oxygen atoms in total. The van der Waals surface area contributed by atoms with Gasteiger partial charge in [0.05, 0.1) is 16.3 Å². The van der Waals surface area contributed by atoms with Crippen LogP contribution in [0.4, 0.5) is 18.9 Å². The lowest BCUT2D eigenvalue weighted by atomic mass is 10.2. The minimum atomic E-state index is -4.38. The Kier molecular flexibility index (Phi) is 3.75. The second-order valence-corrected chi connectivity index (χ2v) is 7.10. The van der Waals surface area contributed by atoms with Crippen molar-refractivity contribution in [2.45, 2.75) is 42.8 Å². The van der Waals surface area contributed by atoms with E-state index < -0.39 is 21.6 Å². The zero-order chi connectivity index (χ0) is 15.0. The lowest BCUT2D eigenvalue weighted by Crippen LogP contribution is -2.39. The van der Waals surface area contributed by atoms with Gasteiger partial charge in [-0.3, -0.25) is 0 Å². The topological polar surface area (TPSA) is 46.2 Å². The van der Waals surface area contributed by atoms with E-state index in [9.17, 15) is 21.6 Å². The van der Waals surface area contributed by atoms with E-state index in [1.165, 1.54) is 24.3 Å². The Morgan fingerprint density at radius 2 is 1.85 bits per heavy atom. The summed E-state index contributed by atoms with van der Waals surface area (Å²) in [6, 6.07) is 5.77. The Bertz CT molecular complexity index is 592. The molecule has 0 aliphatic heterocycles. The van der Waals surface area contributed by atoms with E-state index >= 15 is 0 Å². The molecule has 0 amide bonds. The Hall–Kier alpha value is -1.24. The van der Waals surface area contributed by atoms with Gasteiger partial charge in [-0.2, -0.15) is 13.2 Å². The van der Waals surface area contributed by atoms with E-state index in [0.717, 1.165) is 0 Å². The third kappa shape index (κ3) is 2.77. The maximum absolute atomic E-state index is 12.9. The van der Waals surface area contributed by atoms with Gasteiger partial charge in [-0.1, -0.05) is 19.1 Å². The lowest BCUT2D eigenvalue weighted by molar-refractivity contribution is -0.151. The number of para-hydroxylation sites is 1. The predicted molar refractivity (Wildman–Crippen MR) is 70.4 cm³/mol. The monoisotopic (exact) mass is 307 g/mol. The third-order valence-corrected chi connectivity index (χ3v) is 5.33. The molecule has 0 unspecified atom stereocenters. The second kappa shape index (κ2) is 4.95. The van der Waals surface area contributed by atoms with Crippen LogP contribution in [0.25, 0.3) is 0 Å². The molecule has 1 fully saturated rings. The van der Waals surface area contributed by atoms with Crippen LogP contribution in [-0.2, 0) is 9.84 Å². The fraction of sp³-hybridized carbons (Fsp3) is 0.538. The van der Waals surface area contributed by atoms with E-state index in [1.54, 1.807) is 6.92 Å². The van der Waals surface area contributed by atoms with E-state index in [0.29, 0.717) is 6.42 Å². The van der Waals surface area contributed by atoms with Crippen LogP contribution in [0.2, 0.25) is 0 Å². The Labute approximate surface area is 116 Å². The number of halogens is 3. The van der Waals surface area contributed by atoms with Crippen LogP contribution < -0.4 is 5.32 Å². The van der Waals surface area contributed by atoms with Gasteiger partial charge in [-0.15, -0.1) is 0 Å². The summed E-state index contributed by atoms with van der Waals surface area (Å²) in [5, 5.41) is 2.40. The highest BCUT2D eigenvalue weighted by atomic mass is 32.2. The maximum Gasteiger partial charge on any atom is 0.411 e. The molecule has 2 rings (SSSR count). The first-order valence-electron chi connectivity index (χ1n) is 6.38. The molecule has 1 N–H and O–H groups in total. The standard InChI is InChI=1S/C13H16F3NO2S/c1-2-9-20(18,19)11-6-4-3-5-10(11)17-12(7-8-12)13(14,15)16/h3-6,17H,2,7-9H2,1H3. The summed E-state index contributed by atoms with van der Waals surface area (Å²) in [4.78, 5) is -0.0580. The molecule has 1 saturated carbocycles. The predicted octanol–water partition coefficient (Wildman–Crippen LogP) is 3.38. The van der Waals surface area contributed by atoms with Crippen molar-refractivity contribution in [3.63, 3.8) is 0 Å². The number of benzene rings is 1. The molecule has 1 aromatic carbocycles. The number of nitrogens with one attached hydrogen (secondary N) is 1. The summed E-state index contributed by atoms with van der Waals surface area (Å²) in [5.41, 5.74) is -1.93. The Morgan fingerprint density at radius 3 is 2.35 bits per heavy atom. The van der Waals surface area contributed by atoms with Crippen LogP contribution in [0.3, 0.4) is 0 Å². The van der Waals surface area contributed by atoms with Crippen LogP contribution in [0.1, 0.15) is 26.2 Å². The van der Waals surface area contributed by atoms with Crippen molar-refractivity contribution >= 4 is 15.5 Å². The van der Waals surface area contributed by atoms with Gasteiger partial charge in [0.25, 0.3) is 0 Å². The summed E-state index contributed by atoms with van der Waals surface area (Å²) < 4.78 is 63.0. The van der Waals surface area contributed by atoms with E-state index in [-0.39, 0.29) is 29.2 Å². The van der Waals surface area contributed by atoms with Crippen molar-refractivity contribution < 1.29 is 21.6 Å². The molecular weight excluding hydrogens is 291 g/mol. The summed E-state index contributed by atoms with van der Waals surface area (Å²) in [7, 11) is -3.56. The van der Waals surface area contributed by atoms with Gasteiger partial charge < -0.3 is 5.32 Å². The molecule has 7 heteroatoms. The molecule has 1 aliphatic carbocycles. The number of alkyl halides is 3. The molecule has 0 heterocycles. The van der Waals surface area contributed by atoms with Gasteiger partial charge in [0, 0.05) is 0 Å². The first-order chi connectivity index (χ1) is 9.22. The summed E-state index contributed by atoms with van der Waals surface area (Å²) in [6.45, 7) is 1.71. The van der Waals surface area contributed by atoms with E-state index in [4.69, 9.17) is 0 Å². The van der Waals surface area contributed by atoms with Crippen molar-refractivity contribution in [3.8, 4) is 0 Å². The van der Waals surface area contributed by atoms with Crippen LogP contribution in [-0.4, -0.2) is 25.9 Å². The van der Waals surface area contributed by atoms with Crippen LogP contribution in [0.15, 0.2) is 29.2 Å². The minimum Gasteiger partial charge on any atom is -0.370 e. The number of hydrogen-bond acceptors (Lipinski definition) is 3. The zero-order valence-corrected chi connectivity index (χ0v) is 11.8. The van der Waals surface area contributed by atoms with Crippen LogP contribution in [0, 0.1) is 0 Å². The molecule has 1 aromatic rings. The number of hydrogen-bond donors (Lipinski definition) is 1. The molecule has 112 valence electrons. The molecule has 0 aromatic heterocycles. The van der Waals surface area contributed by atoms with Crippen molar-refractivity contribution in [1.29, 1.82) is 0 Å². The van der Waals surface area contributed by atoms with Crippen molar-refractivity contribution in [3.05, 3.63) is 24.3 Å². The number of anilines is 1. The molecule has 0 atom stereocenters. The molecular formula is C13H16F3NO2S. The molecule has 0 spiro atoms. The van der Waals surface area contributed by atoms with Crippen molar-refractivity contribution in [2.75, 3.05) is 11.1 Å². The molecule has 1 aliphatic rings. The minimum absolute atomic E-state index is 0.0291. The number of sulfone groups is 1. The summed E-state index contributed by atoms with van der Waals surface area (Å²) >= 11 is 0. The molecule has 0 saturated heterocycles. The Balaban J connectivity index is 2.35. The molecule has 0 radical (unpaired) electrons. The van der Waals surface area contributed by atoms with Crippen molar-refractivity contribution in [2.24, 2.45) is 0 Å². The first kappa shape index (κ1) is 15.2. The van der Waals surface area contributed by atoms with Crippen LogP contribution in [0.5, 0.6) is 0 Å². The zero-order valence-electron chi connectivity index (χ0n) is 11.0. The van der Waals surface area contributed by atoms with E-state index in [2.05, 4.69) is 5.32 Å². The van der Waals surface area contributed by atoms with Gasteiger partial charge in [0.1, 0.15) is 5.54 Å².